The van der Waals surface area contributed by atoms with Gasteiger partial charge in [0.2, 0.25) is 5.95 Å². The van der Waals surface area contributed by atoms with Gasteiger partial charge in [0.15, 0.2) is 0 Å². The molecule has 1 fully saturated rings. The highest BCUT2D eigenvalue weighted by atomic mass is 35.5. The summed E-state index contributed by atoms with van der Waals surface area (Å²) in [5.74, 6) is 0.435. The van der Waals surface area contributed by atoms with Crippen LogP contribution >= 0.6 is 11.6 Å². The fraction of sp³-hybridized carbons (Fsp3) is 0.364. The molecule has 2 heterocycles. The molecule has 2 aromatic heterocycles. The van der Waals surface area contributed by atoms with Gasteiger partial charge in [-0.1, -0.05) is 43.0 Å². The van der Waals surface area contributed by atoms with Crippen LogP contribution in [0.3, 0.4) is 0 Å². The van der Waals surface area contributed by atoms with Crippen molar-refractivity contribution in [3.63, 3.8) is 0 Å². The third-order valence-corrected chi connectivity index (χ3v) is 6.04. The number of nitrogens with zero attached hydrogens (tertiary/aromatic N) is 4. The van der Waals surface area contributed by atoms with Gasteiger partial charge in [0, 0.05) is 11.7 Å². The maximum atomic E-state index is 13.6. The summed E-state index contributed by atoms with van der Waals surface area (Å²) in [5, 5.41) is 14.5. The Morgan fingerprint density at radius 3 is 2.83 bits per heavy atom. The number of nitriles is 1. The number of fused-ring (bicyclic) bond motifs is 1. The van der Waals surface area contributed by atoms with Crippen molar-refractivity contribution >= 4 is 34.1 Å². The first kappa shape index (κ1) is 20.2. The fourth-order valence-electron chi connectivity index (χ4n) is 4.27. The molecule has 154 valence electrons. The second kappa shape index (κ2) is 8.33. The van der Waals surface area contributed by atoms with Gasteiger partial charge in [-0.25, -0.2) is 4.98 Å². The minimum absolute atomic E-state index is 0.0728. The molecule has 1 unspecified atom stereocenters. The maximum Gasteiger partial charge on any atom is 0.260 e. The van der Waals surface area contributed by atoms with Gasteiger partial charge >= 0.3 is 0 Å². The molecule has 0 amide bonds. The van der Waals surface area contributed by atoms with Crippen molar-refractivity contribution in [2.75, 3.05) is 11.1 Å². The number of benzene rings is 1. The number of nitrogen functional groups attached to an aromatic ring is 1. The molecule has 1 atom stereocenters. The van der Waals surface area contributed by atoms with Gasteiger partial charge < -0.3 is 15.6 Å². The number of hydrogen-bond acceptors (Lipinski definition) is 6. The van der Waals surface area contributed by atoms with Crippen LogP contribution in [-0.2, 0) is 0 Å². The molecule has 0 spiro atoms. The van der Waals surface area contributed by atoms with Crippen LogP contribution in [0.1, 0.15) is 62.4 Å². The highest BCUT2D eigenvalue weighted by Crippen LogP contribution is 2.33. The van der Waals surface area contributed by atoms with Gasteiger partial charge in [-0.05, 0) is 37.3 Å². The summed E-state index contributed by atoms with van der Waals surface area (Å²) < 4.78 is 1.89. The molecule has 0 saturated heterocycles. The standard InChI is InChI=1S/C22H23ClN6O/c1-13(27-20-15(11-24)12-26-22(25)28-20)18-10-14-6-5-9-17(23)19(14)21(30)29(18)16-7-3-2-4-8-16/h5-6,9-10,12-13,16H,2-4,7-8H2,1H3,(H3,25,26,27,28). The lowest BCUT2D eigenvalue weighted by atomic mass is 9.94. The van der Waals surface area contributed by atoms with Crippen molar-refractivity contribution in [3.05, 3.63) is 57.1 Å². The summed E-state index contributed by atoms with van der Waals surface area (Å²) in [6, 6.07) is 9.41. The third kappa shape index (κ3) is 3.71. The second-order valence-corrected chi connectivity index (χ2v) is 8.12. The highest BCUT2D eigenvalue weighted by Gasteiger charge is 2.24. The molecule has 1 aliphatic rings. The smallest absolute Gasteiger partial charge is 0.260 e. The molecule has 8 heteroatoms. The average Bonchev–Trinajstić information content (AvgIpc) is 2.74. The molecule has 4 rings (SSSR count). The van der Waals surface area contributed by atoms with Crippen LogP contribution in [0.15, 0.2) is 35.3 Å². The Hall–Kier alpha value is -3.11. The van der Waals surface area contributed by atoms with E-state index in [0.717, 1.165) is 36.8 Å². The number of anilines is 2. The van der Waals surface area contributed by atoms with Crippen molar-refractivity contribution < 1.29 is 0 Å². The Kier molecular flexibility index (Phi) is 5.60. The van der Waals surface area contributed by atoms with Crippen LogP contribution < -0.4 is 16.6 Å². The third-order valence-electron chi connectivity index (χ3n) is 5.72. The highest BCUT2D eigenvalue weighted by molar-refractivity contribution is 6.35. The van der Waals surface area contributed by atoms with E-state index in [-0.39, 0.29) is 23.6 Å². The van der Waals surface area contributed by atoms with E-state index >= 15 is 0 Å². The van der Waals surface area contributed by atoms with E-state index in [1.807, 2.05) is 29.7 Å². The van der Waals surface area contributed by atoms with Crippen molar-refractivity contribution in [2.24, 2.45) is 0 Å². The average molecular weight is 423 g/mol. The van der Waals surface area contributed by atoms with Crippen LogP contribution in [0, 0.1) is 11.3 Å². The Morgan fingerprint density at radius 2 is 2.10 bits per heavy atom. The molecule has 30 heavy (non-hydrogen) atoms. The zero-order valence-corrected chi connectivity index (χ0v) is 17.5. The van der Waals surface area contributed by atoms with E-state index in [9.17, 15) is 10.1 Å². The largest absolute Gasteiger partial charge is 0.368 e. The van der Waals surface area contributed by atoms with E-state index in [1.165, 1.54) is 12.6 Å². The van der Waals surface area contributed by atoms with Crippen LogP contribution in [-0.4, -0.2) is 14.5 Å². The van der Waals surface area contributed by atoms with Crippen LogP contribution in [0.2, 0.25) is 5.02 Å². The number of hydrogen-bond donors (Lipinski definition) is 2. The van der Waals surface area contributed by atoms with E-state index < -0.39 is 0 Å². The predicted molar refractivity (Wildman–Crippen MR) is 119 cm³/mol. The predicted octanol–water partition coefficient (Wildman–Crippen LogP) is 4.58. The number of nitrogens with two attached hydrogens (primary N) is 1. The second-order valence-electron chi connectivity index (χ2n) is 7.71. The SMILES string of the molecule is CC(Nc1nc(N)ncc1C#N)c1cc2cccc(Cl)c2c(=O)n1C1CCCCC1. The maximum absolute atomic E-state index is 13.6. The summed E-state index contributed by atoms with van der Waals surface area (Å²) in [6.45, 7) is 1.95. The van der Waals surface area contributed by atoms with Gasteiger partial charge in [0.25, 0.3) is 5.56 Å². The molecular weight excluding hydrogens is 400 g/mol. The first-order valence-electron chi connectivity index (χ1n) is 10.1. The number of rotatable bonds is 4. The fourth-order valence-corrected chi connectivity index (χ4v) is 4.53. The lowest BCUT2D eigenvalue weighted by molar-refractivity contribution is 0.338. The number of nitrogens with one attached hydrogen (secondary N) is 1. The Balaban J connectivity index is 1.86. The quantitative estimate of drug-likeness (QED) is 0.636. The zero-order valence-electron chi connectivity index (χ0n) is 16.7. The normalized spacial score (nSPS) is 15.6. The minimum atomic E-state index is -0.288. The van der Waals surface area contributed by atoms with Gasteiger partial charge in [-0.2, -0.15) is 10.2 Å². The van der Waals surface area contributed by atoms with E-state index in [4.69, 9.17) is 17.3 Å². The summed E-state index contributed by atoms with van der Waals surface area (Å²) in [5.41, 5.74) is 6.78. The molecule has 0 radical (unpaired) electrons. The first-order chi connectivity index (χ1) is 14.5. The summed E-state index contributed by atoms with van der Waals surface area (Å²) in [4.78, 5) is 21.6. The molecule has 1 aromatic carbocycles. The van der Waals surface area contributed by atoms with E-state index in [2.05, 4.69) is 21.4 Å². The minimum Gasteiger partial charge on any atom is -0.368 e. The molecule has 1 saturated carbocycles. The topological polar surface area (TPSA) is 110 Å². The van der Waals surface area contributed by atoms with Crippen molar-refractivity contribution in [2.45, 2.75) is 51.1 Å². The molecule has 3 aromatic rings. The van der Waals surface area contributed by atoms with Gasteiger partial charge in [-0.3, -0.25) is 4.79 Å². The summed E-state index contributed by atoms with van der Waals surface area (Å²) in [6.07, 6.45) is 6.69. The number of pyridine rings is 1. The molecule has 0 aliphatic heterocycles. The Labute approximate surface area is 179 Å². The van der Waals surface area contributed by atoms with Crippen LogP contribution in [0.25, 0.3) is 10.8 Å². The van der Waals surface area contributed by atoms with Crippen LogP contribution in [0.4, 0.5) is 11.8 Å². The number of aromatic nitrogens is 3. The van der Waals surface area contributed by atoms with Crippen LogP contribution in [0.5, 0.6) is 0 Å². The lowest BCUT2D eigenvalue weighted by Crippen LogP contribution is -2.31. The van der Waals surface area contributed by atoms with Gasteiger partial charge in [0.05, 0.1) is 22.6 Å². The Morgan fingerprint density at radius 1 is 1.33 bits per heavy atom. The lowest BCUT2D eigenvalue weighted by Gasteiger charge is -2.30. The summed E-state index contributed by atoms with van der Waals surface area (Å²) >= 11 is 6.40. The summed E-state index contributed by atoms with van der Waals surface area (Å²) in [7, 11) is 0. The molecule has 7 nitrogen and oxygen atoms in total. The van der Waals surface area contributed by atoms with E-state index in [0.29, 0.717) is 21.8 Å². The molecule has 1 aliphatic carbocycles. The van der Waals surface area contributed by atoms with Gasteiger partial charge in [0.1, 0.15) is 17.5 Å². The van der Waals surface area contributed by atoms with Crippen molar-refractivity contribution in [1.29, 1.82) is 5.26 Å². The zero-order chi connectivity index (χ0) is 21.3. The molecule has 0 bridgehead atoms. The Bertz CT molecular complexity index is 1190. The van der Waals surface area contributed by atoms with Crippen molar-refractivity contribution in [3.8, 4) is 6.07 Å². The van der Waals surface area contributed by atoms with E-state index in [1.54, 1.807) is 6.07 Å². The number of halogens is 1. The molecular formula is C22H23ClN6O. The van der Waals surface area contributed by atoms with Gasteiger partial charge in [-0.15, -0.1) is 0 Å². The molecule has 3 N–H and O–H groups in total. The van der Waals surface area contributed by atoms with Crippen molar-refractivity contribution in [1.82, 2.24) is 14.5 Å². The monoisotopic (exact) mass is 422 g/mol. The first-order valence-corrected chi connectivity index (χ1v) is 10.5.